The van der Waals surface area contributed by atoms with E-state index in [1.807, 2.05) is 19.1 Å². The summed E-state index contributed by atoms with van der Waals surface area (Å²) in [5, 5.41) is 3.13. The quantitative estimate of drug-likeness (QED) is 0.416. The monoisotopic (exact) mass is 497 g/mol. The summed E-state index contributed by atoms with van der Waals surface area (Å²) < 4.78 is 13.5. The smallest absolute Gasteiger partial charge is 0.243 e. The van der Waals surface area contributed by atoms with Crippen LogP contribution in [-0.2, 0) is 25.7 Å². The molecule has 2 aliphatic carbocycles. The van der Waals surface area contributed by atoms with Crippen molar-refractivity contribution in [1.82, 2.24) is 15.1 Å². The van der Waals surface area contributed by atoms with Gasteiger partial charge < -0.3 is 10.2 Å². The SMILES string of the molecule is CC[C@H](C(=O)NC1CCCCC1)N(Cc1ccc(F)cc1)C(=O)CCN1C(=O)[C@H]2CC=CC[C@H]2C1=O. The summed E-state index contributed by atoms with van der Waals surface area (Å²) >= 11 is 0. The number of fused-ring (bicyclic) bond motifs is 1. The Labute approximate surface area is 212 Å². The first kappa shape index (κ1) is 26.0. The van der Waals surface area contributed by atoms with Gasteiger partial charge in [0.2, 0.25) is 23.6 Å². The molecule has 1 saturated carbocycles. The van der Waals surface area contributed by atoms with Gasteiger partial charge in [0.25, 0.3) is 0 Å². The maximum atomic E-state index is 13.5. The average molecular weight is 498 g/mol. The molecular weight excluding hydrogens is 461 g/mol. The molecule has 3 atom stereocenters. The van der Waals surface area contributed by atoms with E-state index in [0.717, 1.165) is 25.7 Å². The zero-order valence-electron chi connectivity index (χ0n) is 21.0. The molecule has 1 heterocycles. The Balaban J connectivity index is 1.47. The van der Waals surface area contributed by atoms with Crippen LogP contribution in [0.1, 0.15) is 70.3 Å². The Morgan fingerprint density at radius 3 is 2.22 bits per heavy atom. The second-order valence-electron chi connectivity index (χ2n) is 10.1. The molecule has 0 bridgehead atoms. The Morgan fingerprint density at radius 2 is 1.64 bits per heavy atom. The first-order chi connectivity index (χ1) is 17.4. The van der Waals surface area contributed by atoms with Gasteiger partial charge in [0.05, 0.1) is 11.8 Å². The van der Waals surface area contributed by atoms with Gasteiger partial charge in [-0.3, -0.25) is 24.1 Å². The molecule has 0 radical (unpaired) electrons. The minimum absolute atomic E-state index is 0.00406. The molecule has 1 N–H and O–H groups in total. The topological polar surface area (TPSA) is 86.8 Å². The van der Waals surface area contributed by atoms with Gasteiger partial charge >= 0.3 is 0 Å². The standard InChI is InChI=1S/C28H36FN3O4/c1-2-24(26(34)30-21-8-4-3-5-9-21)32(18-19-12-14-20(29)15-13-19)25(33)16-17-31-27(35)22-10-6-7-11-23(22)28(31)36/h6-7,12-15,21-24H,2-5,8-11,16-18H2,1H3,(H,30,34)/t22-,23+,24-/m1/s1. The summed E-state index contributed by atoms with van der Waals surface area (Å²) in [6.45, 7) is 2.01. The number of halogens is 1. The molecular formula is C28H36FN3O4. The van der Waals surface area contributed by atoms with Gasteiger partial charge in [-0.15, -0.1) is 0 Å². The highest BCUT2D eigenvalue weighted by molar-refractivity contribution is 6.05. The van der Waals surface area contributed by atoms with Crippen LogP contribution in [-0.4, -0.2) is 52.1 Å². The molecule has 0 aromatic heterocycles. The normalized spacial score (nSPS) is 22.9. The summed E-state index contributed by atoms with van der Waals surface area (Å²) in [5.74, 6) is -1.97. The minimum atomic E-state index is -0.693. The summed E-state index contributed by atoms with van der Waals surface area (Å²) in [6, 6.07) is 5.29. The highest BCUT2D eigenvalue weighted by Crippen LogP contribution is 2.35. The Kier molecular flexibility index (Phi) is 8.54. The lowest BCUT2D eigenvalue weighted by Crippen LogP contribution is -2.52. The number of nitrogens with one attached hydrogen (secondary N) is 1. The van der Waals surface area contributed by atoms with Crippen molar-refractivity contribution in [1.29, 1.82) is 0 Å². The highest BCUT2D eigenvalue weighted by atomic mass is 19.1. The zero-order valence-corrected chi connectivity index (χ0v) is 21.0. The molecule has 1 aromatic carbocycles. The molecule has 2 fully saturated rings. The van der Waals surface area contributed by atoms with Gasteiger partial charge in [0, 0.05) is 25.6 Å². The van der Waals surface area contributed by atoms with E-state index in [4.69, 9.17) is 0 Å². The number of amides is 4. The van der Waals surface area contributed by atoms with Crippen molar-refractivity contribution >= 4 is 23.6 Å². The third kappa shape index (κ3) is 5.85. The molecule has 7 nitrogen and oxygen atoms in total. The summed E-state index contributed by atoms with van der Waals surface area (Å²) in [4.78, 5) is 55.2. The van der Waals surface area contributed by atoms with E-state index < -0.39 is 6.04 Å². The van der Waals surface area contributed by atoms with Gasteiger partial charge in [-0.25, -0.2) is 4.39 Å². The first-order valence-electron chi connectivity index (χ1n) is 13.2. The largest absolute Gasteiger partial charge is 0.352 e. The third-order valence-corrected chi connectivity index (χ3v) is 7.75. The number of benzene rings is 1. The van der Waals surface area contributed by atoms with Crippen molar-refractivity contribution in [3.8, 4) is 0 Å². The molecule has 1 aliphatic heterocycles. The van der Waals surface area contributed by atoms with Crippen LogP contribution in [0.5, 0.6) is 0 Å². The predicted molar refractivity (Wildman–Crippen MR) is 133 cm³/mol. The lowest BCUT2D eigenvalue weighted by atomic mass is 9.85. The number of hydrogen-bond donors (Lipinski definition) is 1. The van der Waals surface area contributed by atoms with E-state index in [1.165, 1.54) is 28.4 Å². The van der Waals surface area contributed by atoms with Crippen LogP contribution < -0.4 is 5.32 Å². The van der Waals surface area contributed by atoms with Gasteiger partial charge in [-0.2, -0.15) is 0 Å². The fourth-order valence-corrected chi connectivity index (χ4v) is 5.69. The number of likely N-dealkylation sites (tertiary alicyclic amines) is 1. The molecule has 4 rings (SSSR count). The number of imide groups is 1. The fraction of sp³-hybridized carbons (Fsp3) is 0.571. The predicted octanol–water partition coefficient (Wildman–Crippen LogP) is 3.72. The van der Waals surface area contributed by atoms with Gasteiger partial charge in [0.15, 0.2) is 0 Å². The van der Waals surface area contributed by atoms with Crippen molar-refractivity contribution in [3.05, 3.63) is 47.8 Å². The molecule has 1 aromatic rings. The first-order valence-corrected chi connectivity index (χ1v) is 13.2. The van der Waals surface area contributed by atoms with Crippen molar-refractivity contribution in [2.45, 2.75) is 83.3 Å². The molecule has 4 amide bonds. The van der Waals surface area contributed by atoms with Crippen molar-refractivity contribution < 1.29 is 23.6 Å². The van der Waals surface area contributed by atoms with Crippen LogP contribution in [0.3, 0.4) is 0 Å². The number of nitrogens with zero attached hydrogens (tertiary/aromatic N) is 2. The summed E-state index contributed by atoms with van der Waals surface area (Å²) in [5.41, 5.74) is 0.707. The zero-order chi connectivity index (χ0) is 25.7. The molecule has 3 aliphatic rings. The summed E-state index contributed by atoms with van der Waals surface area (Å²) in [6.07, 6.45) is 10.5. The average Bonchev–Trinajstić information content (AvgIpc) is 3.13. The second kappa shape index (κ2) is 11.8. The van der Waals surface area contributed by atoms with E-state index >= 15 is 0 Å². The molecule has 0 unspecified atom stereocenters. The Morgan fingerprint density at radius 1 is 1.03 bits per heavy atom. The van der Waals surface area contributed by atoms with E-state index in [-0.39, 0.29) is 66.8 Å². The van der Waals surface area contributed by atoms with Crippen LogP contribution in [0.25, 0.3) is 0 Å². The van der Waals surface area contributed by atoms with E-state index in [2.05, 4.69) is 5.32 Å². The van der Waals surface area contributed by atoms with E-state index in [1.54, 1.807) is 12.1 Å². The lowest BCUT2D eigenvalue weighted by molar-refractivity contribution is -0.144. The number of hydrogen-bond acceptors (Lipinski definition) is 4. The molecule has 36 heavy (non-hydrogen) atoms. The summed E-state index contributed by atoms with van der Waals surface area (Å²) in [7, 11) is 0. The maximum Gasteiger partial charge on any atom is 0.243 e. The van der Waals surface area contributed by atoms with E-state index in [0.29, 0.717) is 24.8 Å². The van der Waals surface area contributed by atoms with Gasteiger partial charge in [0.1, 0.15) is 11.9 Å². The molecule has 1 saturated heterocycles. The molecule has 194 valence electrons. The van der Waals surface area contributed by atoms with E-state index in [9.17, 15) is 23.6 Å². The van der Waals surface area contributed by atoms with Crippen LogP contribution in [0, 0.1) is 17.7 Å². The number of allylic oxidation sites excluding steroid dienone is 2. The Bertz CT molecular complexity index is 977. The fourth-order valence-electron chi connectivity index (χ4n) is 5.69. The highest BCUT2D eigenvalue weighted by Gasteiger charge is 2.47. The maximum absolute atomic E-state index is 13.5. The van der Waals surface area contributed by atoms with Crippen LogP contribution in [0.4, 0.5) is 4.39 Å². The lowest BCUT2D eigenvalue weighted by Gasteiger charge is -2.33. The minimum Gasteiger partial charge on any atom is -0.352 e. The number of rotatable bonds is 9. The molecule has 0 spiro atoms. The van der Waals surface area contributed by atoms with Crippen molar-refractivity contribution in [2.75, 3.05) is 6.54 Å². The number of carbonyl (C=O) groups excluding carboxylic acids is 4. The van der Waals surface area contributed by atoms with Gasteiger partial charge in [-0.1, -0.05) is 50.5 Å². The van der Waals surface area contributed by atoms with Gasteiger partial charge in [-0.05, 0) is 49.8 Å². The van der Waals surface area contributed by atoms with Crippen LogP contribution in [0.2, 0.25) is 0 Å². The molecule has 8 heteroatoms. The van der Waals surface area contributed by atoms with Crippen molar-refractivity contribution in [2.24, 2.45) is 11.8 Å². The van der Waals surface area contributed by atoms with Crippen LogP contribution >= 0.6 is 0 Å². The Hall–Kier alpha value is -3.03. The van der Waals surface area contributed by atoms with Crippen LogP contribution in [0.15, 0.2) is 36.4 Å². The third-order valence-electron chi connectivity index (χ3n) is 7.75. The number of carbonyl (C=O) groups is 4. The van der Waals surface area contributed by atoms with Crippen molar-refractivity contribution in [3.63, 3.8) is 0 Å². The second-order valence-corrected chi connectivity index (χ2v) is 10.1.